The van der Waals surface area contributed by atoms with Crippen molar-refractivity contribution < 1.29 is 4.79 Å². The second-order valence-corrected chi connectivity index (χ2v) is 5.66. The zero-order valence-electron chi connectivity index (χ0n) is 12.9. The lowest BCUT2D eigenvalue weighted by molar-refractivity contribution is 0.0952. The Bertz CT molecular complexity index is 622. The van der Waals surface area contributed by atoms with Crippen molar-refractivity contribution in [3.05, 3.63) is 36.0 Å². The van der Waals surface area contributed by atoms with Gasteiger partial charge in [0.15, 0.2) is 5.78 Å². The van der Waals surface area contributed by atoms with Gasteiger partial charge in [0.1, 0.15) is 5.69 Å². The second kappa shape index (κ2) is 7.21. The van der Waals surface area contributed by atoms with Crippen LogP contribution in [0.4, 0.5) is 5.69 Å². The first kappa shape index (κ1) is 15.5. The zero-order chi connectivity index (χ0) is 15.2. The van der Waals surface area contributed by atoms with Crippen LogP contribution in [0.5, 0.6) is 0 Å². The minimum Gasteiger partial charge on any atom is -0.398 e. The van der Waals surface area contributed by atoms with Crippen LogP contribution in [0.1, 0.15) is 56.4 Å². The maximum Gasteiger partial charge on any atom is 0.181 e. The summed E-state index contributed by atoms with van der Waals surface area (Å²) >= 11 is 0. The van der Waals surface area contributed by atoms with E-state index in [1.54, 1.807) is 6.07 Å². The number of aromatic nitrogens is 1. The molecule has 0 aliphatic rings. The maximum absolute atomic E-state index is 12.5. The van der Waals surface area contributed by atoms with E-state index in [0.29, 0.717) is 23.7 Å². The first-order valence-electron chi connectivity index (χ1n) is 7.84. The number of para-hydroxylation sites is 1. The van der Waals surface area contributed by atoms with Crippen molar-refractivity contribution in [2.75, 3.05) is 5.73 Å². The molecule has 1 aromatic heterocycles. The van der Waals surface area contributed by atoms with Crippen LogP contribution in [0.3, 0.4) is 0 Å². The van der Waals surface area contributed by atoms with E-state index in [-0.39, 0.29) is 5.78 Å². The van der Waals surface area contributed by atoms with Gasteiger partial charge < -0.3 is 5.73 Å². The summed E-state index contributed by atoms with van der Waals surface area (Å²) < 4.78 is 0. The Morgan fingerprint density at radius 3 is 2.76 bits per heavy atom. The Morgan fingerprint density at radius 2 is 2.05 bits per heavy atom. The predicted octanol–water partition coefficient (Wildman–Crippen LogP) is 4.61. The number of benzene rings is 1. The molecule has 1 unspecified atom stereocenters. The number of fused-ring (bicyclic) bond motifs is 1. The molecule has 0 spiro atoms. The SMILES string of the molecule is CCCCC(CC)CC(=O)c1cc(N)c2ccccc2n1. The van der Waals surface area contributed by atoms with Crippen molar-refractivity contribution in [1.29, 1.82) is 0 Å². The summed E-state index contributed by atoms with van der Waals surface area (Å²) in [4.78, 5) is 16.9. The Balaban J connectivity index is 2.19. The topological polar surface area (TPSA) is 56.0 Å². The standard InChI is InChI=1S/C18H24N2O/c1-3-5-8-13(4-2)11-18(21)17-12-15(19)14-9-6-7-10-16(14)20-17/h6-7,9-10,12-13H,3-5,8,11H2,1-2H3,(H2,19,20). The highest BCUT2D eigenvalue weighted by atomic mass is 16.1. The Kier molecular flexibility index (Phi) is 5.32. The van der Waals surface area contributed by atoms with Crippen molar-refractivity contribution in [3.63, 3.8) is 0 Å². The minimum atomic E-state index is 0.107. The van der Waals surface area contributed by atoms with Gasteiger partial charge in [-0.05, 0) is 18.1 Å². The molecule has 2 rings (SSSR count). The number of nitrogen functional groups attached to an aromatic ring is 1. The van der Waals surface area contributed by atoms with Crippen LogP contribution in [-0.2, 0) is 0 Å². The van der Waals surface area contributed by atoms with Gasteiger partial charge in [-0.25, -0.2) is 4.98 Å². The van der Waals surface area contributed by atoms with Gasteiger partial charge in [-0.3, -0.25) is 4.79 Å². The van der Waals surface area contributed by atoms with Gasteiger partial charge in [0, 0.05) is 17.5 Å². The van der Waals surface area contributed by atoms with Gasteiger partial charge in [0.05, 0.1) is 5.52 Å². The number of nitrogens with zero attached hydrogens (tertiary/aromatic N) is 1. The molecule has 2 aromatic rings. The van der Waals surface area contributed by atoms with Crippen molar-refractivity contribution in [1.82, 2.24) is 4.98 Å². The molecule has 0 aliphatic heterocycles. The number of nitrogens with two attached hydrogens (primary N) is 1. The lowest BCUT2D eigenvalue weighted by atomic mass is 9.92. The monoisotopic (exact) mass is 284 g/mol. The van der Waals surface area contributed by atoms with Crippen molar-refractivity contribution in [2.24, 2.45) is 5.92 Å². The fourth-order valence-electron chi connectivity index (χ4n) is 2.66. The molecule has 0 fully saturated rings. The van der Waals surface area contributed by atoms with Gasteiger partial charge in [-0.1, -0.05) is 57.7 Å². The van der Waals surface area contributed by atoms with E-state index >= 15 is 0 Å². The number of rotatable bonds is 7. The van der Waals surface area contributed by atoms with Crippen LogP contribution in [0.25, 0.3) is 10.9 Å². The van der Waals surface area contributed by atoms with Crippen LogP contribution in [0.2, 0.25) is 0 Å². The highest BCUT2D eigenvalue weighted by molar-refractivity contribution is 6.00. The van der Waals surface area contributed by atoms with Gasteiger partial charge >= 0.3 is 0 Å². The third-order valence-corrected chi connectivity index (χ3v) is 4.05. The van der Waals surface area contributed by atoms with Crippen molar-refractivity contribution in [2.45, 2.75) is 46.0 Å². The first-order chi connectivity index (χ1) is 10.2. The lowest BCUT2D eigenvalue weighted by Crippen LogP contribution is -2.10. The van der Waals surface area contributed by atoms with E-state index in [0.717, 1.165) is 23.7 Å². The Labute approximate surface area is 126 Å². The molecule has 0 saturated carbocycles. The van der Waals surface area contributed by atoms with E-state index in [4.69, 9.17) is 5.73 Å². The number of unbranched alkanes of at least 4 members (excludes halogenated alkanes) is 1. The average molecular weight is 284 g/mol. The quantitative estimate of drug-likeness (QED) is 0.755. The molecule has 21 heavy (non-hydrogen) atoms. The second-order valence-electron chi connectivity index (χ2n) is 5.66. The molecule has 0 saturated heterocycles. The third kappa shape index (κ3) is 3.81. The highest BCUT2D eigenvalue weighted by Crippen LogP contribution is 2.23. The molecule has 3 heteroatoms. The predicted molar refractivity (Wildman–Crippen MR) is 88.4 cm³/mol. The summed E-state index contributed by atoms with van der Waals surface area (Å²) in [6, 6.07) is 9.40. The van der Waals surface area contributed by atoms with Gasteiger partial charge in [0.2, 0.25) is 0 Å². The van der Waals surface area contributed by atoms with Crippen LogP contribution in [0.15, 0.2) is 30.3 Å². The summed E-state index contributed by atoms with van der Waals surface area (Å²) in [6.07, 6.45) is 5.07. The molecule has 1 aromatic carbocycles. The number of carbonyl (C=O) groups excluding carboxylic acids is 1. The summed E-state index contributed by atoms with van der Waals surface area (Å²) in [5.41, 5.74) is 7.97. The molecule has 0 radical (unpaired) electrons. The number of hydrogen-bond acceptors (Lipinski definition) is 3. The zero-order valence-corrected chi connectivity index (χ0v) is 12.9. The normalized spacial score (nSPS) is 12.5. The van der Waals surface area contributed by atoms with Gasteiger partial charge in [0.25, 0.3) is 0 Å². The van der Waals surface area contributed by atoms with Gasteiger partial charge in [-0.2, -0.15) is 0 Å². The lowest BCUT2D eigenvalue weighted by Gasteiger charge is -2.13. The molecule has 0 amide bonds. The highest BCUT2D eigenvalue weighted by Gasteiger charge is 2.16. The van der Waals surface area contributed by atoms with Crippen LogP contribution < -0.4 is 5.73 Å². The van der Waals surface area contributed by atoms with E-state index in [2.05, 4.69) is 18.8 Å². The maximum atomic E-state index is 12.5. The number of carbonyl (C=O) groups is 1. The number of ketones is 1. The molecule has 112 valence electrons. The van der Waals surface area contributed by atoms with Crippen molar-refractivity contribution in [3.8, 4) is 0 Å². The molecule has 1 heterocycles. The number of anilines is 1. The van der Waals surface area contributed by atoms with Crippen molar-refractivity contribution >= 4 is 22.4 Å². The largest absolute Gasteiger partial charge is 0.398 e. The average Bonchev–Trinajstić information content (AvgIpc) is 2.51. The Hall–Kier alpha value is -1.90. The van der Waals surface area contributed by atoms with Crippen LogP contribution in [-0.4, -0.2) is 10.8 Å². The summed E-state index contributed by atoms with van der Waals surface area (Å²) in [5, 5.41) is 0.909. The number of hydrogen-bond donors (Lipinski definition) is 1. The minimum absolute atomic E-state index is 0.107. The number of Topliss-reactive ketones (excluding diaryl/α,β-unsaturated/α-hetero) is 1. The van der Waals surface area contributed by atoms with Crippen LogP contribution in [0, 0.1) is 5.92 Å². The third-order valence-electron chi connectivity index (χ3n) is 4.05. The summed E-state index contributed by atoms with van der Waals surface area (Å²) in [6.45, 7) is 4.33. The van der Waals surface area contributed by atoms with Gasteiger partial charge in [-0.15, -0.1) is 0 Å². The molecular weight excluding hydrogens is 260 g/mol. The number of pyridine rings is 1. The molecule has 2 N–H and O–H groups in total. The molecule has 0 bridgehead atoms. The smallest absolute Gasteiger partial charge is 0.181 e. The molecule has 0 aliphatic carbocycles. The van der Waals surface area contributed by atoms with E-state index in [1.165, 1.54) is 12.8 Å². The first-order valence-corrected chi connectivity index (χ1v) is 7.84. The molecule has 3 nitrogen and oxygen atoms in total. The van der Waals surface area contributed by atoms with E-state index < -0.39 is 0 Å². The van der Waals surface area contributed by atoms with E-state index in [1.807, 2.05) is 24.3 Å². The summed E-state index contributed by atoms with van der Waals surface area (Å²) in [5.74, 6) is 0.558. The fraction of sp³-hybridized carbons (Fsp3) is 0.444. The molecule has 1 atom stereocenters. The van der Waals surface area contributed by atoms with E-state index in [9.17, 15) is 4.79 Å². The molecular formula is C18H24N2O. The summed E-state index contributed by atoms with van der Waals surface area (Å²) in [7, 11) is 0. The Morgan fingerprint density at radius 1 is 1.29 bits per heavy atom. The fourth-order valence-corrected chi connectivity index (χ4v) is 2.66. The van der Waals surface area contributed by atoms with Crippen LogP contribution >= 0.6 is 0 Å².